The molecule has 0 aromatic heterocycles. The van der Waals surface area contributed by atoms with Crippen molar-refractivity contribution in [3.05, 3.63) is 36.1 Å². The van der Waals surface area contributed by atoms with Gasteiger partial charge in [-0.05, 0) is 99.5 Å². The Bertz CT molecular complexity index is 1630. The van der Waals surface area contributed by atoms with Crippen LogP contribution in [0.5, 0.6) is 0 Å². The van der Waals surface area contributed by atoms with Crippen molar-refractivity contribution in [2.75, 3.05) is 26.4 Å². The molecule has 2 saturated heterocycles. The highest BCUT2D eigenvalue weighted by atomic mass is 28.4. The van der Waals surface area contributed by atoms with Crippen molar-refractivity contribution < 1.29 is 42.2 Å². The van der Waals surface area contributed by atoms with E-state index in [1.54, 1.807) is 6.08 Å². The summed E-state index contributed by atoms with van der Waals surface area (Å²) in [4.78, 5) is 42.0. The highest BCUT2D eigenvalue weighted by Gasteiger charge is 2.50. The summed E-state index contributed by atoms with van der Waals surface area (Å²) >= 11 is 0. The Morgan fingerprint density at radius 1 is 0.817 bits per heavy atom. The monoisotopic (exact) mass is 1030 g/mol. The molecule has 3 aliphatic rings. The van der Waals surface area contributed by atoms with E-state index in [0.29, 0.717) is 86.4 Å². The molecule has 3 heterocycles. The lowest BCUT2D eigenvalue weighted by Crippen LogP contribution is -2.54. The van der Waals surface area contributed by atoms with Gasteiger partial charge < -0.3 is 38.0 Å². The van der Waals surface area contributed by atoms with Crippen LogP contribution in [0, 0.1) is 0 Å². The summed E-state index contributed by atoms with van der Waals surface area (Å²) in [5.74, 6) is -1.22. The van der Waals surface area contributed by atoms with E-state index in [1.807, 2.05) is 4.90 Å². The van der Waals surface area contributed by atoms with Crippen LogP contribution in [0.15, 0.2) is 36.1 Å². The van der Waals surface area contributed by atoms with Gasteiger partial charge in [-0.15, -0.1) is 0 Å². The van der Waals surface area contributed by atoms with Gasteiger partial charge in [0.2, 0.25) is 8.32 Å². The fourth-order valence-electron chi connectivity index (χ4n) is 11.4. The molecular formula is C58H106N2O9Si2. The van der Waals surface area contributed by atoms with E-state index in [0.717, 1.165) is 64.2 Å². The lowest BCUT2D eigenvalue weighted by molar-refractivity contribution is -0.173. The molecule has 3 aliphatic heterocycles. The zero-order chi connectivity index (χ0) is 52.7. The van der Waals surface area contributed by atoms with Gasteiger partial charge in [-0.2, -0.15) is 0 Å². The van der Waals surface area contributed by atoms with Crippen LogP contribution in [0.25, 0.3) is 0 Å². The van der Waals surface area contributed by atoms with Crippen molar-refractivity contribution in [3.8, 4) is 0 Å². The number of unbranched alkanes of at least 4 members (excludes halogenated alkanes) is 12. The van der Waals surface area contributed by atoms with E-state index in [9.17, 15) is 14.4 Å². The van der Waals surface area contributed by atoms with Crippen LogP contribution in [-0.4, -0.2) is 96.0 Å². The molecule has 0 aliphatic carbocycles. The fraction of sp³-hybridized carbons (Fsp3) is 0.845. The molecule has 0 saturated carbocycles. The van der Waals surface area contributed by atoms with Crippen molar-refractivity contribution >= 4 is 34.6 Å². The standard InChI is InChI=1S/C58H106N2O9Si2/c1-15-40-64-53(61)36-28-26-24-22-20-18-17-19-21-23-25-27-31-41-65-55(62)54-51(35-32-33-48(9)68-70(13,14)57(10,11)12)59-56(63)60-49(37-38-52(54)60)44-58(66-42-43-67-58)39-30-29-34-50(16-2)69-71(45(3)4,46(5)6)47(7)8/h15,29,34,45-50,52H,1,16-28,30-33,35-44H2,2-14H3,(H,59,63)/b34-29+. The van der Waals surface area contributed by atoms with Gasteiger partial charge in [-0.1, -0.05) is 165 Å². The number of urea groups is 1. The number of hydrogen-bond donors (Lipinski definition) is 1. The zero-order valence-corrected chi connectivity index (χ0v) is 49.7. The van der Waals surface area contributed by atoms with Gasteiger partial charge in [0.05, 0.1) is 37.5 Å². The number of fused-ring (bicyclic) bond motifs is 1. The molecule has 2 fully saturated rings. The quantitative estimate of drug-likeness (QED) is 0.0280. The largest absolute Gasteiger partial charge is 0.462 e. The topological polar surface area (TPSA) is 122 Å². The Labute approximate surface area is 436 Å². The van der Waals surface area contributed by atoms with E-state index >= 15 is 0 Å². The van der Waals surface area contributed by atoms with Crippen LogP contribution in [-0.2, 0) is 37.4 Å². The van der Waals surface area contributed by atoms with E-state index in [1.165, 1.54) is 51.4 Å². The third-order valence-corrected chi connectivity index (χ3v) is 26.9. The maximum atomic E-state index is 14.3. The van der Waals surface area contributed by atoms with Crippen LogP contribution in [0.3, 0.4) is 0 Å². The van der Waals surface area contributed by atoms with Crippen molar-refractivity contribution in [3.63, 3.8) is 0 Å². The predicted molar refractivity (Wildman–Crippen MR) is 296 cm³/mol. The normalized spacial score (nSPS) is 19.5. The summed E-state index contributed by atoms with van der Waals surface area (Å²) in [5, 5.41) is 3.34. The summed E-state index contributed by atoms with van der Waals surface area (Å²) in [6, 6.07) is -0.625. The number of esters is 2. The van der Waals surface area contributed by atoms with Gasteiger partial charge in [0.15, 0.2) is 14.1 Å². The first-order chi connectivity index (χ1) is 33.6. The predicted octanol–water partition coefficient (Wildman–Crippen LogP) is 15.6. The summed E-state index contributed by atoms with van der Waals surface area (Å²) in [5.41, 5.74) is 2.90. The highest BCUT2D eigenvalue weighted by Crippen LogP contribution is 2.45. The maximum absolute atomic E-state index is 14.3. The molecule has 3 rings (SSSR count). The molecule has 2 amide bonds. The van der Waals surface area contributed by atoms with Crippen molar-refractivity contribution in [2.45, 2.75) is 289 Å². The Morgan fingerprint density at radius 2 is 1.38 bits per heavy atom. The molecule has 0 bridgehead atoms. The second-order valence-electron chi connectivity index (χ2n) is 23.7. The lowest BCUT2D eigenvalue weighted by atomic mass is 9.97. The third kappa shape index (κ3) is 20.1. The van der Waals surface area contributed by atoms with Crippen LogP contribution in [0.4, 0.5) is 4.79 Å². The van der Waals surface area contributed by atoms with E-state index in [4.69, 9.17) is 27.8 Å². The maximum Gasteiger partial charge on any atom is 0.337 e. The van der Waals surface area contributed by atoms with E-state index < -0.39 is 22.4 Å². The van der Waals surface area contributed by atoms with Crippen molar-refractivity contribution in [1.82, 2.24) is 10.2 Å². The SMILES string of the molecule is C=CCOC(=O)CCCCCCCCCCCCCCCOC(=O)C1=C(CCCC(C)O[Si](C)(C)C(C)(C)C)NC(=O)N2C(CC3(CC/C=C/C(CC)O[Si](C(C)C)(C(C)C)C(C)C)OCCO3)CCC12. The van der Waals surface area contributed by atoms with Gasteiger partial charge in [-0.25, -0.2) is 9.59 Å². The molecule has 4 unspecified atom stereocenters. The molecule has 0 radical (unpaired) electrons. The molecule has 71 heavy (non-hydrogen) atoms. The first-order valence-electron chi connectivity index (χ1n) is 28.7. The van der Waals surface area contributed by atoms with Gasteiger partial charge in [0.25, 0.3) is 0 Å². The highest BCUT2D eigenvalue weighted by molar-refractivity contribution is 6.77. The summed E-state index contributed by atoms with van der Waals surface area (Å²) in [6.07, 6.45) is 28.3. The minimum Gasteiger partial charge on any atom is -0.462 e. The number of rotatable bonds is 37. The van der Waals surface area contributed by atoms with Gasteiger partial charge in [0.1, 0.15) is 6.61 Å². The van der Waals surface area contributed by atoms with Crippen molar-refractivity contribution in [2.24, 2.45) is 0 Å². The number of carbonyl (C=O) groups is 3. The number of nitrogens with one attached hydrogen (secondary N) is 1. The molecule has 13 heteroatoms. The molecule has 0 spiro atoms. The average Bonchev–Trinajstić information content (AvgIpc) is 3.94. The number of amides is 2. The van der Waals surface area contributed by atoms with Crippen molar-refractivity contribution in [1.29, 1.82) is 0 Å². The number of ether oxygens (including phenoxy) is 4. The number of nitrogens with zero attached hydrogens (tertiary/aromatic N) is 1. The van der Waals surface area contributed by atoms with Gasteiger partial charge >= 0.3 is 18.0 Å². The first kappa shape index (κ1) is 63.0. The Morgan fingerprint density at radius 3 is 1.92 bits per heavy atom. The Hall–Kier alpha value is -2.30. The first-order valence-corrected chi connectivity index (χ1v) is 33.8. The number of carbonyl (C=O) groups excluding carboxylic acids is 3. The molecule has 4 atom stereocenters. The minimum atomic E-state index is -2.03. The number of hydrogen-bond acceptors (Lipinski definition) is 9. The average molecular weight is 1030 g/mol. The lowest BCUT2D eigenvalue weighted by Gasteiger charge is -2.44. The van der Waals surface area contributed by atoms with Crippen LogP contribution >= 0.6 is 0 Å². The Balaban J connectivity index is 1.58. The van der Waals surface area contributed by atoms with Crippen LogP contribution in [0.1, 0.15) is 224 Å². The minimum absolute atomic E-state index is 0.0720. The molecule has 0 aromatic rings. The molecule has 410 valence electrons. The summed E-state index contributed by atoms with van der Waals surface area (Å²) < 4.78 is 37.8. The summed E-state index contributed by atoms with van der Waals surface area (Å²) in [6.45, 7) is 35.1. The van der Waals surface area contributed by atoms with Crippen LogP contribution in [0.2, 0.25) is 34.8 Å². The summed E-state index contributed by atoms with van der Waals surface area (Å²) in [7, 11) is -3.96. The van der Waals surface area contributed by atoms with Gasteiger partial charge in [-0.3, -0.25) is 4.79 Å². The molecule has 1 N–H and O–H groups in total. The van der Waals surface area contributed by atoms with E-state index in [2.05, 4.69) is 113 Å². The smallest absolute Gasteiger partial charge is 0.337 e. The zero-order valence-electron chi connectivity index (χ0n) is 47.7. The van der Waals surface area contributed by atoms with E-state index in [-0.39, 0.29) is 47.3 Å². The molecule has 11 nitrogen and oxygen atoms in total. The number of allylic oxidation sites excluding steroid dienone is 2. The molecular weight excluding hydrogens is 925 g/mol. The fourth-order valence-corrected chi connectivity index (χ4v) is 18.4. The van der Waals surface area contributed by atoms with Gasteiger partial charge in [0, 0.05) is 37.1 Å². The third-order valence-electron chi connectivity index (χ3n) is 16.2. The second kappa shape index (κ2) is 31.6. The Kier molecular flexibility index (Phi) is 28.0. The molecule has 0 aromatic carbocycles. The second-order valence-corrected chi connectivity index (χ2v) is 33.8. The van der Waals surface area contributed by atoms with Crippen LogP contribution < -0.4 is 5.32 Å².